The molecule has 98 valence electrons. The molecule has 2 unspecified atom stereocenters. The Morgan fingerprint density at radius 3 is 2.58 bits per heavy atom. The van der Waals surface area contributed by atoms with Crippen molar-refractivity contribution in [2.75, 3.05) is 18.0 Å². The summed E-state index contributed by atoms with van der Waals surface area (Å²) in [7, 11) is 0. The van der Waals surface area contributed by atoms with Crippen LogP contribution in [0.4, 0.5) is 6.01 Å². The highest BCUT2D eigenvalue weighted by molar-refractivity contribution is 5.56. The molecule has 3 saturated heterocycles. The standard InChI is InChI=1S/C14H16N4O/c1-9-2-4-10(5-3-9)13-16-14(19-17-13)18-7-11-6-12(8-18)15-11/h2-5,11-12,15H,6-8H2,1H3. The predicted molar refractivity (Wildman–Crippen MR) is 72.0 cm³/mol. The second kappa shape index (κ2) is 4.06. The SMILES string of the molecule is Cc1ccc(-c2noc(N3CC4CC(C3)N4)n2)cc1. The Bertz CT molecular complexity index is 576. The van der Waals surface area contributed by atoms with E-state index in [-0.39, 0.29) is 0 Å². The zero-order valence-corrected chi connectivity index (χ0v) is 10.8. The Morgan fingerprint density at radius 1 is 1.21 bits per heavy atom. The summed E-state index contributed by atoms with van der Waals surface area (Å²) in [5.41, 5.74) is 2.23. The van der Waals surface area contributed by atoms with Gasteiger partial charge in [-0.15, -0.1) is 0 Å². The van der Waals surface area contributed by atoms with Crippen molar-refractivity contribution < 1.29 is 4.52 Å². The average Bonchev–Trinajstić information content (AvgIpc) is 2.89. The number of hydrogen-bond donors (Lipinski definition) is 1. The zero-order chi connectivity index (χ0) is 12.8. The van der Waals surface area contributed by atoms with Gasteiger partial charge in [-0.2, -0.15) is 4.98 Å². The van der Waals surface area contributed by atoms with Crippen LogP contribution in [0.25, 0.3) is 11.4 Å². The first-order valence-corrected chi connectivity index (χ1v) is 6.70. The number of rotatable bonds is 2. The van der Waals surface area contributed by atoms with Crippen molar-refractivity contribution in [2.24, 2.45) is 0 Å². The van der Waals surface area contributed by atoms with E-state index in [2.05, 4.69) is 39.4 Å². The molecule has 0 spiro atoms. The number of benzene rings is 1. The molecule has 5 nitrogen and oxygen atoms in total. The van der Waals surface area contributed by atoms with E-state index < -0.39 is 0 Å². The second-order valence-corrected chi connectivity index (χ2v) is 5.47. The first-order chi connectivity index (χ1) is 9.28. The summed E-state index contributed by atoms with van der Waals surface area (Å²) in [5.74, 6) is 0.669. The Labute approximate surface area is 111 Å². The highest BCUT2D eigenvalue weighted by Crippen LogP contribution is 2.26. The van der Waals surface area contributed by atoms with E-state index in [1.54, 1.807) is 0 Å². The molecule has 3 aliphatic rings. The maximum atomic E-state index is 5.39. The fourth-order valence-corrected chi connectivity index (χ4v) is 2.83. The number of nitrogens with one attached hydrogen (secondary N) is 1. The predicted octanol–water partition coefficient (Wildman–Crippen LogP) is 1.60. The van der Waals surface area contributed by atoms with Crippen LogP contribution in [0.2, 0.25) is 0 Å². The van der Waals surface area contributed by atoms with Crippen molar-refractivity contribution in [3.05, 3.63) is 29.8 Å². The third-order valence-corrected chi connectivity index (χ3v) is 3.92. The third kappa shape index (κ3) is 1.90. The number of anilines is 1. The normalized spacial score (nSPS) is 25.2. The molecule has 1 aromatic heterocycles. The number of aromatic nitrogens is 2. The van der Waals surface area contributed by atoms with Crippen LogP contribution in [0.5, 0.6) is 0 Å². The lowest BCUT2D eigenvalue weighted by atomic mass is 9.92. The molecule has 3 fully saturated rings. The minimum Gasteiger partial charge on any atom is -0.321 e. The van der Waals surface area contributed by atoms with Gasteiger partial charge in [0.05, 0.1) is 0 Å². The lowest BCUT2D eigenvalue weighted by Gasteiger charge is -2.47. The van der Waals surface area contributed by atoms with Crippen molar-refractivity contribution in [2.45, 2.75) is 25.4 Å². The Kier molecular flexibility index (Phi) is 2.35. The molecule has 0 saturated carbocycles. The topological polar surface area (TPSA) is 54.2 Å². The second-order valence-electron chi connectivity index (χ2n) is 5.47. The first kappa shape index (κ1) is 11.0. The fraction of sp³-hybridized carbons (Fsp3) is 0.429. The summed E-state index contributed by atoms with van der Waals surface area (Å²) in [4.78, 5) is 6.69. The highest BCUT2D eigenvalue weighted by atomic mass is 16.5. The number of nitrogens with zero attached hydrogens (tertiary/aromatic N) is 3. The molecule has 0 amide bonds. The monoisotopic (exact) mass is 256 g/mol. The highest BCUT2D eigenvalue weighted by Gasteiger charge is 2.38. The molecule has 1 N–H and O–H groups in total. The van der Waals surface area contributed by atoms with Crippen LogP contribution in [-0.4, -0.2) is 35.3 Å². The quantitative estimate of drug-likeness (QED) is 0.884. The number of piperidine rings is 1. The van der Waals surface area contributed by atoms with Gasteiger partial charge in [0, 0.05) is 30.7 Å². The van der Waals surface area contributed by atoms with E-state index >= 15 is 0 Å². The summed E-state index contributed by atoms with van der Waals surface area (Å²) in [6.07, 6.45) is 1.27. The molecular formula is C14H16N4O. The minimum absolute atomic E-state index is 0.591. The summed E-state index contributed by atoms with van der Waals surface area (Å²) in [5, 5.41) is 7.58. The molecule has 4 heterocycles. The van der Waals surface area contributed by atoms with Gasteiger partial charge in [-0.05, 0) is 13.3 Å². The molecule has 5 heteroatoms. The molecule has 0 aliphatic carbocycles. The number of fused-ring (bicyclic) bond motifs is 2. The van der Waals surface area contributed by atoms with E-state index in [1.807, 2.05) is 12.1 Å². The third-order valence-electron chi connectivity index (χ3n) is 3.92. The van der Waals surface area contributed by atoms with Crippen molar-refractivity contribution in [3.63, 3.8) is 0 Å². The maximum absolute atomic E-state index is 5.39. The molecule has 2 bridgehead atoms. The van der Waals surface area contributed by atoms with Crippen LogP contribution in [0, 0.1) is 6.92 Å². The molecule has 0 radical (unpaired) electrons. The lowest BCUT2D eigenvalue weighted by Crippen LogP contribution is -2.67. The zero-order valence-electron chi connectivity index (χ0n) is 10.8. The summed E-state index contributed by atoms with van der Waals surface area (Å²) < 4.78 is 5.39. The summed E-state index contributed by atoms with van der Waals surface area (Å²) in [6, 6.07) is 10.0. The smallest absolute Gasteiger partial charge is 0.321 e. The van der Waals surface area contributed by atoms with Gasteiger partial charge in [0.25, 0.3) is 0 Å². The van der Waals surface area contributed by atoms with Crippen LogP contribution in [-0.2, 0) is 0 Å². The van der Waals surface area contributed by atoms with Gasteiger partial charge in [-0.1, -0.05) is 35.0 Å². The molecule has 1 aromatic carbocycles. The van der Waals surface area contributed by atoms with Crippen LogP contribution in [0.15, 0.2) is 28.8 Å². The van der Waals surface area contributed by atoms with Crippen molar-refractivity contribution in [3.8, 4) is 11.4 Å². The average molecular weight is 256 g/mol. The molecular weight excluding hydrogens is 240 g/mol. The van der Waals surface area contributed by atoms with Crippen molar-refractivity contribution >= 4 is 6.01 Å². The van der Waals surface area contributed by atoms with Crippen molar-refractivity contribution in [1.82, 2.24) is 15.5 Å². The Balaban J connectivity index is 1.57. The first-order valence-electron chi connectivity index (χ1n) is 6.70. The van der Waals surface area contributed by atoms with Crippen LogP contribution in [0.1, 0.15) is 12.0 Å². The number of aryl methyl sites for hydroxylation is 1. The summed E-state index contributed by atoms with van der Waals surface area (Å²) >= 11 is 0. The largest absolute Gasteiger partial charge is 0.324 e. The van der Waals surface area contributed by atoms with Crippen molar-refractivity contribution in [1.29, 1.82) is 0 Å². The fourth-order valence-electron chi connectivity index (χ4n) is 2.83. The van der Waals surface area contributed by atoms with E-state index in [4.69, 9.17) is 4.52 Å². The van der Waals surface area contributed by atoms with Gasteiger partial charge in [0.1, 0.15) is 0 Å². The molecule has 5 rings (SSSR count). The van der Waals surface area contributed by atoms with Gasteiger partial charge >= 0.3 is 6.01 Å². The molecule has 2 aromatic rings. The number of hydrogen-bond acceptors (Lipinski definition) is 5. The van der Waals surface area contributed by atoms with Crippen LogP contribution in [0.3, 0.4) is 0 Å². The van der Waals surface area contributed by atoms with Gasteiger partial charge in [0.2, 0.25) is 5.82 Å². The van der Waals surface area contributed by atoms with E-state index in [9.17, 15) is 0 Å². The Hall–Kier alpha value is -1.88. The van der Waals surface area contributed by atoms with Gasteiger partial charge in [-0.25, -0.2) is 0 Å². The maximum Gasteiger partial charge on any atom is 0.324 e. The van der Waals surface area contributed by atoms with Gasteiger partial charge in [-0.3, -0.25) is 0 Å². The van der Waals surface area contributed by atoms with Gasteiger partial charge < -0.3 is 14.7 Å². The van der Waals surface area contributed by atoms with E-state index in [1.165, 1.54) is 12.0 Å². The van der Waals surface area contributed by atoms with E-state index in [0.717, 1.165) is 18.7 Å². The van der Waals surface area contributed by atoms with E-state index in [0.29, 0.717) is 23.9 Å². The van der Waals surface area contributed by atoms with Crippen LogP contribution >= 0.6 is 0 Å². The molecule has 2 atom stereocenters. The minimum atomic E-state index is 0.591. The molecule has 19 heavy (non-hydrogen) atoms. The lowest BCUT2D eigenvalue weighted by molar-refractivity contribution is 0.216. The molecule has 3 aliphatic heterocycles. The summed E-state index contributed by atoms with van der Waals surface area (Å²) in [6.45, 7) is 4.00. The van der Waals surface area contributed by atoms with Gasteiger partial charge in [0.15, 0.2) is 0 Å². The number of piperazine rings is 1. The van der Waals surface area contributed by atoms with Crippen LogP contribution < -0.4 is 10.2 Å². The Morgan fingerprint density at radius 2 is 1.89 bits per heavy atom.